The number of carbonyl (C=O) groups is 1. The molecule has 0 radical (unpaired) electrons. The lowest BCUT2D eigenvalue weighted by atomic mass is 10.0. The summed E-state index contributed by atoms with van der Waals surface area (Å²) in [6.45, 7) is 6.78. The lowest BCUT2D eigenvalue weighted by Crippen LogP contribution is -2.42. The maximum atomic E-state index is 15.0. The molecule has 0 aliphatic carbocycles. The van der Waals surface area contributed by atoms with Crippen molar-refractivity contribution in [3.8, 4) is 11.1 Å². The average Bonchev–Trinajstić information content (AvgIpc) is 3.35. The Kier molecular flexibility index (Phi) is 5.11. The first-order valence-corrected chi connectivity index (χ1v) is 11.3. The summed E-state index contributed by atoms with van der Waals surface area (Å²) in [6, 6.07) is 9.59. The highest BCUT2D eigenvalue weighted by Gasteiger charge is 2.28. The summed E-state index contributed by atoms with van der Waals surface area (Å²) in [7, 11) is 1.89. The lowest BCUT2D eigenvalue weighted by Gasteiger charge is -2.33. The zero-order valence-corrected chi connectivity index (χ0v) is 19.4. The van der Waals surface area contributed by atoms with Gasteiger partial charge in [0.2, 0.25) is 0 Å². The van der Waals surface area contributed by atoms with E-state index in [1.165, 1.54) is 0 Å². The summed E-state index contributed by atoms with van der Waals surface area (Å²) in [5.41, 5.74) is 2.52. The zero-order valence-electron chi connectivity index (χ0n) is 19.4. The van der Waals surface area contributed by atoms with E-state index in [2.05, 4.69) is 10.2 Å². The van der Waals surface area contributed by atoms with Crippen molar-refractivity contribution in [1.29, 1.82) is 0 Å². The Morgan fingerprint density at radius 2 is 1.76 bits per heavy atom. The predicted octanol–water partition coefficient (Wildman–Crippen LogP) is 5.30. The molecule has 0 saturated carbocycles. The number of amides is 1. The van der Waals surface area contributed by atoms with Gasteiger partial charge in [-0.1, -0.05) is 6.07 Å². The Morgan fingerprint density at radius 3 is 2.48 bits per heavy atom. The van der Waals surface area contributed by atoms with Crippen LogP contribution in [0.15, 0.2) is 42.7 Å². The van der Waals surface area contributed by atoms with E-state index in [9.17, 15) is 9.18 Å². The van der Waals surface area contributed by atoms with E-state index >= 15 is 0 Å². The molecule has 7 nitrogen and oxygen atoms in total. The van der Waals surface area contributed by atoms with Gasteiger partial charge in [-0.15, -0.1) is 0 Å². The molecule has 1 aliphatic rings. The van der Waals surface area contributed by atoms with E-state index in [1.807, 2.05) is 69.2 Å². The standard InChI is InChI=1S/C25H28FN5O2/c1-25(2,3)33-24(32)30-9-7-20(8-10-30)31-15-19-12-17(13-21(26)23(19)28-31)16-5-6-22-18(11-16)14-29(4)27-22/h5-6,11-15,20H,7-10H2,1-4H3. The van der Waals surface area contributed by atoms with E-state index in [1.54, 1.807) is 15.6 Å². The molecule has 1 aliphatic heterocycles. The fourth-order valence-electron chi connectivity index (χ4n) is 4.43. The van der Waals surface area contributed by atoms with Gasteiger partial charge in [-0.2, -0.15) is 10.2 Å². The second kappa shape index (κ2) is 7.86. The van der Waals surface area contributed by atoms with Crippen molar-refractivity contribution in [2.24, 2.45) is 7.05 Å². The van der Waals surface area contributed by atoms with Gasteiger partial charge in [-0.25, -0.2) is 9.18 Å². The Bertz CT molecular complexity index is 1340. The van der Waals surface area contributed by atoms with E-state index in [0.29, 0.717) is 18.6 Å². The molecule has 0 spiro atoms. The van der Waals surface area contributed by atoms with Crippen LogP contribution in [-0.2, 0) is 11.8 Å². The Morgan fingerprint density at radius 1 is 1.03 bits per heavy atom. The number of ether oxygens (including phenoxy) is 1. The number of halogens is 1. The first-order valence-electron chi connectivity index (χ1n) is 11.3. The second-order valence-electron chi connectivity index (χ2n) is 9.78. The highest BCUT2D eigenvalue weighted by atomic mass is 19.1. The SMILES string of the molecule is Cn1cc2cc(-c3cc(F)c4nn(C5CCN(C(=O)OC(C)(C)C)CC5)cc4c3)ccc2n1. The van der Waals surface area contributed by atoms with Crippen molar-refractivity contribution < 1.29 is 13.9 Å². The summed E-state index contributed by atoms with van der Waals surface area (Å²) in [5, 5.41) is 10.7. The molecule has 4 aromatic rings. The topological polar surface area (TPSA) is 65.2 Å². The van der Waals surface area contributed by atoms with Crippen LogP contribution >= 0.6 is 0 Å². The molecule has 1 fully saturated rings. The average molecular weight is 450 g/mol. The Hall–Kier alpha value is -3.42. The summed E-state index contributed by atoms with van der Waals surface area (Å²) >= 11 is 0. The normalized spacial score (nSPS) is 15.5. The van der Waals surface area contributed by atoms with Crippen LogP contribution in [0.25, 0.3) is 32.9 Å². The number of hydrogen-bond donors (Lipinski definition) is 0. The number of rotatable bonds is 2. The molecule has 1 saturated heterocycles. The minimum absolute atomic E-state index is 0.116. The lowest BCUT2D eigenvalue weighted by molar-refractivity contribution is 0.0185. The number of hydrogen-bond acceptors (Lipinski definition) is 4. The predicted molar refractivity (Wildman–Crippen MR) is 125 cm³/mol. The number of carbonyl (C=O) groups excluding carboxylic acids is 1. The molecule has 0 bridgehead atoms. The molecule has 8 heteroatoms. The first-order chi connectivity index (χ1) is 15.7. The van der Waals surface area contributed by atoms with E-state index in [4.69, 9.17) is 4.74 Å². The van der Waals surface area contributed by atoms with Gasteiger partial charge >= 0.3 is 6.09 Å². The molecule has 172 valence electrons. The van der Waals surface area contributed by atoms with E-state index < -0.39 is 5.60 Å². The summed E-state index contributed by atoms with van der Waals surface area (Å²) in [4.78, 5) is 14.1. The molecule has 3 heterocycles. The second-order valence-corrected chi connectivity index (χ2v) is 9.78. The number of piperidine rings is 1. The molecule has 0 unspecified atom stereocenters. The summed E-state index contributed by atoms with van der Waals surface area (Å²) in [5.74, 6) is -0.335. The van der Waals surface area contributed by atoms with Crippen LogP contribution in [0.5, 0.6) is 0 Å². The van der Waals surface area contributed by atoms with Crippen molar-refractivity contribution in [2.45, 2.75) is 45.3 Å². The minimum Gasteiger partial charge on any atom is -0.444 e. The molecule has 2 aromatic carbocycles. The van der Waals surface area contributed by atoms with Gasteiger partial charge in [-0.05, 0) is 69.0 Å². The van der Waals surface area contributed by atoms with Crippen LogP contribution in [0, 0.1) is 5.82 Å². The van der Waals surface area contributed by atoms with Crippen LogP contribution in [0.1, 0.15) is 39.7 Å². The van der Waals surface area contributed by atoms with Gasteiger partial charge in [0.05, 0.1) is 11.6 Å². The van der Waals surface area contributed by atoms with Crippen LogP contribution in [-0.4, -0.2) is 49.2 Å². The summed E-state index contributed by atoms with van der Waals surface area (Å²) in [6.07, 6.45) is 5.08. The number of aromatic nitrogens is 4. The van der Waals surface area contributed by atoms with Gasteiger partial charge in [0.1, 0.15) is 11.1 Å². The van der Waals surface area contributed by atoms with Crippen LogP contribution in [0.2, 0.25) is 0 Å². The van der Waals surface area contributed by atoms with Crippen molar-refractivity contribution in [2.75, 3.05) is 13.1 Å². The van der Waals surface area contributed by atoms with Crippen LogP contribution in [0.3, 0.4) is 0 Å². The van der Waals surface area contributed by atoms with Gasteiger partial charge in [0, 0.05) is 43.3 Å². The molecular formula is C25H28FN5O2. The number of nitrogens with zero attached hydrogens (tertiary/aromatic N) is 5. The van der Waals surface area contributed by atoms with Crippen molar-refractivity contribution in [1.82, 2.24) is 24.5 Å². The fraction of sp³-hybridized carbons (Fsp3) is 0.400. The molecule has 1 amide bonds. The van der Waals surface area contributed by atoms with Crippen molar-refractivity contribution in [3.05, 3.63) is 48.5 Å². The zero-order chi connectivity index (χ0) is 23.3. The van der Waals surface area contributed by atoms with Gasteiger partial charge in [-0.3, -0.25) is 9.36 Å². The van der Waals surface area contributed by atoms with E-state index in [0.717, 1.165) is 40.3 Å². The number of fused-ring (bicyclic) bond motifs is 2. The maximum Gasteiger partial charge on any atom is 0.410 e. The summed E-state index contributed by atoms with van der Waals surface area (Å²) < 4.78 is 24.1. The quantitative estimate of drug-likeness (QED) is 0.417. The number of likely N-dealkylation sites (tertiary alicyclic amines) is 1. The third-order valence-electron chi connectivity index (χ3n) is 6.02. The Labute approximate surface area is 191 Å². The molecule has 5 rings (SSSR count). The number of aryl methyl sites for hydroxylation is 1. The number of benzene rings is 2. The third kappa shape index (κ3) is 4.29. The highest BCUT2D eigenvalue weighted by molar-refractivity contribution is 5.88. The van der Waals surface area contributed by atoms with Gasteiger partial charge < -0.3 is 9.64 Å². The van der Waals surface area contributed by atoms with Crippen molar-refractivity contribution in [3.63, 3.8) is 0 Å². The Balaban J connectivity index is 1.37. The smallest absolute Gasteiger partial charge is 0.410 e. The highest BCUT2D eigenvalue weighted by Crippen LogP contribution is 2.31. The molecule has 0 atom stereocenters. The van der Waals surface area contributed by atoms with E-state index in [-0.39, 0.29) is 18.0 Å². The monoisotopic (exact) mass is 449 g/mol. The van der Waals surface area contributed by atoms with Gasteiger partial charge in [0.25, 0.3) is 0 Å². The first kappa shape index (κ1) is 21.4. The molecular weight excluding hydrogens is 421 g/mol. The fourth-order valence-corrected chi connectivity index (χ4v) is 4.43. The molecule has 33 heavy (non-hydrogen) atoms. The largest absolute Gasteiger partial charge is 0.444 e. The third-order valence-corrected chi connectivity index (χ3v) is 6.02. The molecule has 0 N–H and O–H groups in total. The van der Waals surface area contributed by atoms with Crippen molar-refractivity contribution >= 4 is 27.9 Å². The van der Waals surface area contributed by atoms with Gasteiger partial charge in [0.15, 0.2) is 5.82 Å². The maximum absolute atomic E-state index is 15.0. The minimum atomic E-state index is -0.509. The van der Waals surface area contributed by atoms with Crippen LogP contribution in [0.4, 0.5) is 9.18 Å². The molecule has 2 aromatic heterocycles. The van der Waals surface area contributed by atoms with Crippen LogP contribution < -0.4 is 0 Å².